The van der Waals surface area contributed by atoms with E-state index in [2.05, 4.69) is 79.6 Å². The zero-order valence-electron chi connectivity index (χ0n) is 20.7. The van der Waals surface area contributed by atoms with Crippen molar-refractivity contribution in [2.24, 2.45) is 5.92 Å². The first-order chi connectivity index (χ1) is 15.5. The molecular weight excluding hydrogens is 392 g/mol. The molecule has 0 N–H and O–H groups in total. The molecule has 32 heavy (non-hydrogen) atoms. The van der Waals surface area contributed by atoms with Gasteiger partial charge in [0.2, 0.25) is 5.91 Å². The maximum absolute atomic E-state index is 13.1. The average molecular weight is 435 g/mol. The summed E-state index contributed by atoms with van der Waals surface area (Å²) >= 11 is 0. The number of nitrogens with zero attached hydrogens (tertiary/aromatic N) is 2. The third-order valence-corrected chi connectivity index (χ3v) is 6.46. The van der Waals surface area contributed by atoms with Crippen molar-refractivity contribution in [3.05, 3.63) is 48.0 Å². The molecule has 0 aliphatic heterocycles. The first kappa shape index (κ1) is 24.4. The largest absolute Gasteiger partial charge is 0.341 e. The number of carbonyl (C=O) groups excluding carboxylic acids is 1. The summed E-state index contributed by atoms with van der Waals surface area (Å²) in [5, 5.41) is 2.60. The molecule has 0 spiro atoms. The van der Waals surface area contributed by atoms with E-state index in [-0.39, 0.29) is 0 Å². The minimum Gasteiger partial charge on any atom is -0.341 e. The standard InChI is InChI=1S/C29H42N2O/c1-5-7-8-9-10-11-12-17-29(32)30(21-23(3)4)22-24-18-19-28-26(20-24)25-15-13-14-16-27(25)31(28)6-2/h13-16,18-20,23H,5-12,17,21-22H2,1-4H3. The van der Waals surface area contributed by atoms with Gasteiger partial charge in [-0.15, -0.1) is 0 Å². The molecule has 3 nitrogen and oxygen atoms in total. The van der Waals surface area contributed by atoms with Crippen LogP contribution < -0.4 is 0 Å². The highest BCUT2D eigenvalue weighted by atomic mass is 16.2. The summed E-state index contributed by atoms with van der Waals surface area (Å²) in [7, 11) is 0. The van der Waals surface area contributed by atoms with Crippen LogP contribution in [-0.4, -0.2) is 21.9 Å². The third-order valence-electron chi connectivity index (χ3n) is 6.46. The molecule has 0 atom stereocenters. The lowest BCUT2D eigenvalue weighted by Gasteiger charge is -2.25. The minimum atomic E-state index is 0.309. The first-order valence-electron chi connectivity index (χ1n) is 12.8. The van der Waals surface area contributed by atoms with E-state index in [1.54, 1.807) is 0 Å². The number of aryl methyl sites for hydroxylation is 1. The number of benzene rings is 2. The van der Waals surface area contributed by atoms with E-state index in [9.17, 15) is 4.79 Å². The number of para-hydroxylation sites is 1. The van der Waals surface area contributed by atoms with Crippen LogP contribution in [0.5, 0.6) is 0 Å². The quantitative estimate of drug-likeness (QED) is 0.251. The summed E-state index contributed by atoms with van der Waals surface area (Å²) < 4.78 is 2.38. The number of rotatable bonds is 13. The maximum Gasteiger partial charge on any atom is 0.222 e. The van der Waals surface area contributed by atoms with Crippen LogP contribution in [0.15, 0.2) is 42.5 Å². The minimum absolute atomic E-state index is 0.309. The van der Waals surface area contributed by atoms with Crippen LogP contribution in [0.2, 0.25) is 0 Å². The summed E-state index contributed by atoms with van der Waals surface area (Å²) in [5.41, 5.74) is 3.79. The zero-order chi connectivity index (χ0) is 22.9. The number of fused-ring (bicyclic) bond motifs is 3. The average Bonchev–Trinajstić information content (AvgIpc) is 3.10. The second-order valence-electron chi connectivity index (χ2n) is 9.65. The molecule has 0 radical (unpaired) electrons. The number of hydrogen-bond acceptors (Lipinski definition) is 1. The Kier molecular flexibility index (Phi) is 9.20. The predicted molar refractivity (Wildman–Crippen MR) is 138 cm³/mol. The summed E-state index contributed by atoms with van der Waals surface area (Å²) in [6.45, 7) is 11.3. The molecule has 0 saturated carbocycles. The molecule has 2 aromatic carbocycles. The lowest BCUT2D eigenvalue weighted by atomic mass is 10.1. The molecule has 0 fully saturated rings. The monoisotopic (exact) mass is 434 g/mol. The van der Waals surface area contributed by atoms with Gasteiger partial charge in [-0.1, -0.05) is 83.6 Å². The fourth-order valence-electron chi connectivity index (χ4n) is 4.85. The Labute approximate surface area is 194 Å². The molecule has 0 aliphatic carbocycles. The van der Waals surface area contributed by atoms with Gasteiger partial charge in [0.15, 0.2) is 0 Å². The summed E-state index contributed by atoms with van der Waals surface area (Å²) in [5.74, 6) is 0.780. The molecule has 1 amide bonds. The van der Waals surface area contributed by atoms with Gasteiger partial charge < -0.3 is 9.47 Å². The molecule has 0 aliphatic rings. The van der Waals surface area contributed by atoms with E-state index in [1.165, 1.54) is 65.9 Å². The van der Waals surface area contributed by atoms with Gasteiger partial charge in [-0.3, -0.25) is 4.79 Å². The Morgan fingerprint density at radius 2 is 1.56 bits per heavy atom. The normalized spacial score (nSPS) is 11.7. The number of amides is 1. The van der Waals surface area contributed by atoms with Gasteiger partial charge in [0, 0.05) is 47.9 Å². The predicted octanol–water partition coefficient (Wildman–Crippen LogP) is 7.94. The fraction of sp³-hybridized carbons (Fsp3) is 0.552. The molecule has 1 heterocycles. The Bertz CT molecular complexity index is 1000. The summed E-state index contributed by atoms with van der Waals surface area (Å²) in [4.78, 5) is 15.2. The van der Waals surface area contributed by atoms with E-state index < -0.39 is 0 Å². The van der Waals surface area contributed by atoms with Crippen molar-refractivity contribution in [1.82, 2.24) is 9.47 Å². The van der Waals surface area contributed by atoms with E-state index in [4.69, 9.17) is 0 Å². The molecule has 0 unspecified atom stereocenters. The first-order valence-corrected chi connectivity index (χ1v) is 12.8. The Hall–Kier alpha value is -2.29. The molecule has 3 rings (SSSR count). The van der Waals surface area contributed by atoms with Crippen molar-refractivity contribution in [3.8, 4) is 0 Å². The van der Waals surface area contributed by atoms with Crippen LogP contribution >= 0.6 is 0 Å². The summed E-state index contributed by atoms with van der Waals surface area (Å²) in [6.07, 6.45) is 9.39. The SMILES string of the molecule is CCCCCCCCCC(=O)N(Cc1ccc2c(c1)c1ccccc1n2CC)CC(C)C. The molecule has 3 heteroatoms. The molecule has 0 bridgehead atoms. The highest BCUT2D eigenvalue weighted by molar-refractivity contribution is 6.08. The van der Waals surface area contributed by atoms with Gasteiger partial charge in [-0.05, 0) is 43.0 Å². The Morgan fingerprint density at radius 3 is 2.28 bits per heavy atom. The van der Waals surface area contributed by atoms with Gasteiger partial charge in [0.1, 0.15) is 0 Å². The van der Waals surface area contributed by atoms with E-state index in [0.29, 0.717) is 24.8 Å². The van der Waals surface area contributed by atoms with E-state index in [0.717, 1.165) is 19.5 Å². The molecule has 0 saturated heterocycles. The van der Waals surface area contributed by atoms with Crippen LogP contribution in [0, 0.1) is 5.92 Å². The van der Waals surface area contributed by atoms with Crippen LogP contribution in [-0.2, 0) is 17.9 Å². The van der Waals surface area contributed by atoms with Crippen molar-refractivity contribution in [3.63, 3.8) is 0 Å². The molecular formula is C29H42N2O. The molecule has 1 aromatic heterocycles. The third kappa shape index (κ3) is 6.15. The van der Waals surface area contributed by atoms with Crippen molar-refractivity contribution in [2.75, 3.05) is 6.54 Å². The van der Waals surface area contributed by atoms with Crippen LogP contribution in [0.4, 0.5) is 0 Å². The van der Waals surface area contributed by atoms with Crippen LogP contribution in [0.3, 0.4) is 0 Å². The van der Waals surface area contributed by atoms with Crippen molar-refractivity contribution >= 4 is 27.7 Å². The lowest BCUT2D eigenvalue weighted by molar-refractivity contribution is -0.132. The molecule has 3 aromatic rings. The maximum atomic E-state index is 13.1. The highest BCUT2D eigenvalue weighted by Crippen LogP contribution is 2.30. The number of carbonyl (C=O) groups is 1. The van der Waals surface area contributed by atoms with Gasteiger partial charge in [-0.25, -0.2) is 0 Å². The zero-order valence-corrected chi connectivity index (χ0v) is 20.7. The lowest BCUT2D eigenvalue weighted by Crippen LogP contribution is -2.33. The fourth-order valence-corrected chi connectivity index (χ4v) is 4.85. The smallest absolute Gasteiger partial charge is 0.222 e. The number of unbranched alkanes of at least 4 members (excludes halogenated alkanes) is 6. The number of hydrogen-bond donors (Lipinski definition) is 0. The van der Waals surface area contributed by atoms with Crippen molar-refractivity contribution < 1.29 is 4.79 Å². The second-order valence-corrected chi connectivity index (χ2v) is 9.65. The Morgan fingerprint density at radius 1 is 0.875 bits per heavy atom. The topological polar surface area (TPSA) is 25.2 Å². The molecule has 174 valence electrons. The number of aromatic nitrogens is 1. The van der Waals surface area contributed by atoms with Gasteiger partial charge in [0.25, 0.3) is 0 Å². The second kappa shape index (κ2) is 12.1. The van der Waals surface area contributed by atoms with Gasteiger partial charge in [0.05, 0.1) is 0 Å². The Balaban J connectivity index is 1.69. The van der Waals surface area contributed by atoms with E-state index >= 15 is 0 Å². The van der Waals surface area contributed by atoms with Gasteiger partial charge >= 0.3 is 0 Å². The van der Waals surface area contributed by atoms with Crippen molar-refractivity contribution in [2.45, 2.75) is 92.2 Å². The van der Waals surface area contributed by atoms with E-state index in [1.807, 2.05) is 0 Å². The highest BCUT2D eigenvalue weighted by Gasteiger charge is 2.16. The van der Waals surface area contributed by atoms with Gasteiger partial charge in [-0.2, -0.15) is 0 Å². The van der Waals surface area contributed by atoms with Crippen molar-refractivity contribution in [1.29, 1.82) is 0 Å². The summed E-state index contributed by atoms with van der Waals surface area (Å²) in [6, 6.07) is 15.4. The van der Waals surface area contributed by atoms with Crippen LogP contribution in [0.1, 0.15) is 84.6 Å². The van der Waals surface area contributed by atoms with Crippen LogP contribution in [0.25, 0.3) is 21.8 Å².